The van der Waals surface area contributed by atoms with Gasteiger partial charge in [0.2, 0.25) is 0 Å². The van der Waals surface area contributed by atoms with Gasteiger partial charge in [-0.25, -0.2) is 0 Å². The molecule has 1 aliphatic rings. The Hall–Kier alpha value is -0.610. The number of hydrogen-bond acceptors (Lipinski definition) is 4. The van der Waals surface area contributed by atoms with E-state index in [-0.39, 0.29) is 11.9 Å². The summed E-state index contributed by atoms with van der Waals surface area (Å²) >= 11 is 0. The van der Waals surface area contributed by atoms with Gasteiger partial charge in [-0.2, -0.15) is 0 Å². The molecule has 13 heavy (non-hydrogen) atoms. The molecule has 1 fully saturated rings. The van der Waals surface area contributed by atoms with E-state index >= 15 is 0 Å². The average molecular weight is 186 g/mol. The summed E-state index contributed by atoms with van der Waals surface area (Å²) in [7, 11) is 3.30. The Kier molecular flexibility index (Phi) is 4.18. The van der Waals surface area contributed by atoms with E-state index in [0.29, 0.717) is 6.04 Å². The third-order valence-corrected chi connectivity index (χ3v) is 2.56. The molecule has 0 bridgehead atoms. The minimum atomic E-state index is -0.0670. The van der Waals surface area contributed by atoms with Gasteiger partial charge in [0.05, 0.1) is 13.0 Å². The van der Waals surface area contributed by atoms with E-state index in [2.05, 4.69) is 10.9 Å². The zero-order chi connectivity index (χ0) is 9.68. The maximum atomic E-state index is 11.2. The largest absolute Gasteiger partial charge is 0.469 e. The van der Waals surface area contributed by atoms with Gasteiger partial charge in [0, 0.05) is 6.04 Å². The van der Waals surface area contributed by atoms with Gasteiger partial charge in [0.25, 0.3) is 0 Å². The maximum absolute atomic E-state index is 11.2. The molecular weight excluding hydrogens is 168 g/mol. The lowest BCUT2D eigenvalue weighted by Gasteiger charge is -2.27. The Labute approximate surface area is 79.0 Å². The Morgan fingerprint density at radius 2 is 2.23 bits per heavy atom. The molecular formula is C9H18N2O2. The van der Waals surface area contributed by atoms with Gasteiger partial charge < -0.3 is 4.74 Å². The molecule has 0 unspecified atom stereocenters. The van der Waals surface area contributed by atoms with E-state index in [0.717, 1.165) is 25.7 Å². The van der Waals surface area contributed by atoms with Crippen LogP contribution in [-0.2, 0) is 9.53 Å². The third kappa shape index (κ3) is 2.97. The smallest absolute Gasteiger partial charge is 0.308 e. The van der Waals surface area contributed by atoms with Crippen LogP contribution in [0.3, 0.4) is 0 Å². The molecule has 1 aliphatic carbocycles. The molecule has 0 aromatic rings. The summed E-state index contributed by atoms with van der Waals surface area (Å²) in [6.45, 7) is 0. The van der Waals surface area contributed by atoms with Crippen LogP contribution in [0.4, 0.5) is 0 Å². The fraction of sp³-hybridized carbons (Fsp3) is 0.889. The molecule has 0 spiro atoms. The molecule has 0 aliphatic heterocycles. The van der Waals surface area contributed by atoms with Gasteiger partial charge in [-0.15, -0.1) is 0 Å². The number of hydrazine groups is 1. The first kappa shape index (κ1) is 10.5. The maximum Gasteiger partial charge on any atom is 0.308 e. The van der Waals surface area contributed by atoms with Crippen LogP contribution >= 0.6 is 0 Å². The number of methoxy groups -OCH3 is 1. The molecule has 0 amide bonds. The summed E-state index contributed by atoms with van der Waals surface area (Å²) in [5, 5.41) is 0. The first-order chi connectivity index (χ1) is 6.27. The van der Waals surface area contributed by atoms with Gasteiger partial charge >= 0.3 is 5.97 Å². The summed E-state index contributed by atoms with van der Waals surface area (Å²) in [6, 6.07) is 0.405. The number of carbonyl (C=O) groups excluding carboxylic acids is 1. The van der Waals surface area contributed by atoms with Gasteiger partial charge in [0.1, 0.15) is 0 Å². The van der Waals surface area contributed by atoms with Crippen molar-refractivity contribution in [1.29, 1.82) is 0 Å². The lowest BCUT2D eigenvalue weighted by Crippen LogP contribution is -2.42. The van der Waals surface area contributed by atoms with Crippen LogP contribution in [0.15, 0.2) is 0 Å². The quantitative estimate of drug-likeness (QED) is 0.496. The summed E-state index contributed by atoms with van der Waals surface area (Å²) < 4.78 is 4.73. The molecule has 0 aromatic heterocycles. The monoisotopic (exact) mass is 186 g/mol. The zero-order valence-corrected chi connectivity index (χ0v) is 8.30. The van der Waals surface area contributed by atoms with Crippen molar-refractivity contribution < 1.29 is 9.53 Å². The van der Waals surface area contributed by atoms with E-state index in [1.54, 1.807) is 0 Å². The van der Waals surface area contributed by atoms with Crippen LogP contribution in [0.25, 0.3) is 0 Å². The highest BCUT2D eigenvalue weighted by Gasteiger charge is 2.27. The zero-order valence-electron chi connectivity index (χ0n) is 8.30. The number of nitrogens with one attached hydrogen (secondary N) is 2. The number of rotatable bonds is 3. The van der Waals surface area contributed by atoms with E-state index in [9.17, 15) is 4.79 Å². The summed E-state index contributed by atoms with van der Waals surface area (Å²) in [5.74, 6) is 0.0206. The van der Waals surface area contributed by atoms with Crippen molar-refractivity contribution in [3.63, 3.8) is 0 Å². The van der Waals surface area contributed by atoms with Crippen LogP contribution in [0.1, 0.15) is 25.7 Å². The second-order valence-electron chi connectivity index (χ2n) is 3.48. The molecule has 1 rings (SSSR count). The van der Waals surface area contributed by atoms with Crippen molar-refractivity contribution in [3.05, 3.63) is 0 Å². The molecule has 4 nitrogen and oxygen atoms in total. The normalized spacial score (nSPS) is 28.5. The van der Waals surface area contributed by atoms with E-state index in [1.807, 2.05) is 7.05 Å². The highest BCUT2D eigenvalue weighted by molar-refractivity contribution is 5.72. The minimum absolute atomic E-state index is 0.0670. The molecule has 0 aromatic carbocycles. The fourth-order valence-electron chi connectivity index (χ4n) is 1.91. The Balaban J connectivity index is 2.37. The lowest BCUT2D eigenvalue weighted by molar-refractivity contribution is -0.146. The minimum Gasteiger partial charge on any atom is -0.469 e. The first-order valence-corrected chi connectivity index (χ1v) is 4.78. The Morgan fingerprint density at radius 3 is 2.85 bits per heavy atom. The Morgan fingerprint density at radius 1 is 1.46 bits per heavy atom. The van der Waals surface area contributed by atoms with Crippen molar-refractivity contribution in [2.75, 3.05) is 14.2 Å². The van der Waals surface area contributed by atoms with Crippen LogP contribution in [0, 0.1) is 5.92 Å². The number of hydrogen-bond donors (Lipinski definition) is 2. The Bertz CT molecular complexity index is 171. The molecule has 76 valence electrons. The molecule has 4 heteroatoms. The van der Waals surface area contributed by atoms with Crippen LogP contribution < -0.4 is 10.9 Å². The highest BCUT2D eigenvalue weighted by Crippen LogP contribution is 2.24. The number of esters is 1. The van der Waals surface area contributed by atoms with Crippen LogP contribution in [0.5, 0.6) is 0 Å². The van der Waals surface area contributed by atoms with Crippen molar-refractivity contribution in [2.45, 2.75) is 31.7 Å². The molecule has 0 heterocycles. The third-order valence-electron chi connectivity index (χ3n) is 2.56. The summed E-state index contributed by atoms with van der Waals surface area (Å²) in [6.07, 6.45) is 4.08. The lowest BCUT2D eigenvalue weighted by atomic mass is 9.86. The molecule has 0 saturated heterocycles. The van der Waals surface area contributed by atoms with Crippen molar-refractivity contribution in [2.24, 2.45) is 5.92 Å². The van der Waals surface area contributed by atoms with Gasteiger partial charge in [-0.1, -0.05) is 6.42 Å². The van der Waals surface area contributed by atoms with Gasteiger partial charge in [0.15, 0.2) is 0 Å². The second kappa shape index (κ2) is 5.19. The highest BCUT2D eigenvalue weighted by atomic mass is 16.5. The van der Waals surface area contributed by atoms with Crippen molar-refractivity contribution >= 4 is 5.97 Å². The molecule has 0 radical (unpaired) electrons. The topological polar surface area (TPSA) is 50.4 Å². The predicted molar refractivity (Wildman–Crippen MR) is 50.0 cm³/mol. The molecule has 1 saturated carbocycles. The second-order valence-corrected chi connectivity index (χ2v) is 3.48. The molecule has 2 atom stereocenters. The van der Waals surface area contributed by atoms with E-state index in [1.165, 1.54) is 7.11 Å². The number of carbonyl (C=O) groups is 1. The van der Waals surface area contributed by atoms with Crippen molar-refractivity contribution in [3.8, 4) is 0 Å². The standard InChI is InChI=1S/C9H18N2O2/c1-10-11-8-5-3-4-7(6-8)9(12)13-2/h7-8,10-11H,3-6H2,1-2H3/t7-,8+/m0/s1. The molecule has 2 N–H and O–H groups in total. The SMILES string of the molecule is CNN[C@@H]1CCC[C@H](C(=O)OC)C1. The van der Waals surface area contributed by atoms with E-state index in [4.69, 9.17) is 4.74 Å². The summed E-state index contributed by atoms with van der Waals surface area (Å²) in [5.41, 5.74) is 6.05. The van der Waals surface area contributed by atoms with Gasteiger partial charge in [-0.3, -0.25) is 15.6 Å². The predicted octanol–water partition coefficient (Wildman–Crippen LogP) is 0.442. The van der Waals surface area contributed by atoms with E-state index < -0.39 is 0 Å². The average Bonchev–Trinajstić information content (AvgIpc) is 2.18. The van der Waals surface area contributed by atoms with Crippen molar-refractivity contribution in [1.82, 2.24) is 10.9 Å². The fourth-order valence-corrected chi connectivity index (χ4v) is 1.91. The van der Waals surface area contributed by atoms with Crippen LogP contribution in [0.2, 0.25) is 0 Å². The van der Waals surface area contributed by atoms with Crippen LogP contribution in [-0.4, -0.2) is 26.2 Å². The first-order valence-electron chi connectivity index (χ1n) is 4.78. The van der Waals surface area contributed by atoms with Gasteiger partial charge in [-0.05, 0) is 26.3 Å². The summed E-state index contributed by atoms with van der Waals surface area (Å²) in [4.78, 5) is 11.2. The number of ether oxygens (including phenoxy) is 1.